The van der Waals surface area contributed by atoms with Crippen molar-refractivity contribution in [3.63, 3.8) is 0 Å². The van der Waals surface area contributed by atoms with Gasteiger partial charge in [0.05, 0.1) is 0 Å². The van der Waals surface area contributed by atoms with E-state index in [-0.39, 0.29) is 24.9 Å². The molecule has 0 unspecified atom stereocenters. The summed E-state index contributed by atoms with van der Waals surface area (Å²) in [6, 6.07) is -0.983. The second-order valence-electron chi connectivity index (χ2n) is 3.43. The summed E-state index contributed by atoms with van der Waals surface area (Å²) in [5.74, 6) is -1.50. The Morgan fingerprint density at radius 1 is 1.27 bits per heavy atom. The lowest BCUT2D eigenvalue weighted by Crippen LogP contribution is -2.44. The fourth-order valence-electron chi connectivity index (χ4n) is 1.34. The summed E-state index contributed by atoms with van der Waals surface area (Å²) in [6.07, 6.45) is 1.42. The number of carboxylic acids is 1. The van der Waals surface area contributed by atoms with E-state index in [2.05, 4.69) is 5.32 Å². The second kappa shape index (κ2) is 7.23. The van der Waals surface area contributed by atoms with Crippen molar-refractivity contribution in [1.82, 2.24) is 5.32 Å². The molecule has 0 aliphatic rings. The largest absolute Gasteiger partial charge is 0.480 e. The third kappa shape index (κ3) is 4.78. The molecule has 0 aliphatic heterocycles. The van der Waals surface area contributed by atoms with Crippen LogP contribution in [0.5, 0.6) is 0 Å². The topological polar surface area (TPSA) is 86.6 Å². The Kier molecular flexibility index (Phi) is 6.70. The molecule has 5 heteroatoms. The molecule has 1 amide bonds. The maximum absolute atomic E-state index is 11.5. The van der Waals surface area contributed by atoms with E-state index in [4.69, 9.17) is 10.2 Å². The number of nitrogens with one attached hydrogen (secondary N) is 1. The molecule has 0 radical (unpaired) electrons. The Morgan fingerprint density at radius 2 is 1.80 bits per heavy atom. The van der Waals surface area contributed by atoms with Crippen LogP contribution in [0.3, 0.4) is 0 Å². The molecule has 0 rings (SSSR count). The summed E-state index contributed by atoms with van der Waals surface area (Å²) >= 11 is 0. The van der Waals surface area contributed by atoms with E-state index in [1.165, 1.54) is 0 Å². The number of aliphatic hydroxyl groups excluding tert-OH is 1. The van der Waals surface area contributed by atoms with Crippen molar-refractivity contribution in [2.45, 2.75) is 39.2 Å². The van der Waals surface area contributed by atoms with Crippen LogP contribution in [-0.4, -0.2) is 34.7 Å². The van der Waals surface area contributed by atoms with Crippen LogP contribution in [0, 0.1) is 5.92 Å². The SMILES string of the molecule is CCC(CC)C(=O)N[C@@H](CCO)C(=O)O. The van der Waals surface area contributed by atoms with Gasteiger partial charge in [-0.25, -0.2) is 4.79 Å². The molecule has 0 saturated heterocycles. The molecule has 15 heavy (non-hydrogen) atoms. The maximum atomic E-state index is 11.5. The molecular weight excluding hydrogens is 198 g/mol. The molecule has 3 N–H and O–H groups in total. The summed E-state index contributed by atoms with van der Waals surface area (Å²) in [4.78, 5) is 22.2. The van der Waals surface area contributed by atoms with Crippen LogP contribution in [0.2, 0.25) is 0 Å². The standard InChI is InChI=1S/C10H19NO4/c1-3-7(4-2)9(13)11-8(5-6-12)10(14)15/h7-8,12H,3-6H2,1-2H3,(H,11,13)(H,14,15)/t8-/m0/s1. The lowest BCUT2D eigenvalue weighted by atomic mass is 10.0. The Bertz CT molecular complexity index is 213. The molecule has 0 aromatic heterocycles. The number of carbonyl (C=O) groups is 2. The van der Waals surface area contributed by atoms with E-state index in [1.807, 2.05) is 13.8 Å². The monoisotopic (exact) mass is 217 g/mol. The number of hydrogen-bond acceptors (Lipinski definition) is 3. The van der Waals surface area contributed by atoms with Crippen molar-refractivity contribution in [2.75, 3.05) is 6.61 Å². The zero-order valence-corrected chi connectivity index (χ0v) is 9.19. The zero-order valence-electron chi connectivity index (χ0n) is 9.19. The summed E-state index contributed by atoms with van der Waals surface area (Å²) in [5, 5.41) is 19.8. The first kappa shape index (κ1) is 13.9. The van der Waals surface area contributed by atoms with Crippen LogP contribution in [0.1, 0.15) is 33.1 Å². The Labute approximate surface area is 89.5 Å². The number of rotatable bonds is 7. The van der Waals surface area contributed by atoms with Gasteiger partial charge in [0.2, 0.25) is 5.91 Å². The van der Waals surface area contributed by atoms with Gasteiger partial charge in [-0.3, -0.25) is 4.79 Å². The molecule has 0 aromatic rings. The minimum Gasteiger partial charge on any atom is -0.480 e. The van der Waals surface area contributed by atoms with Gasteiger partial charge in [0.25, 0.3) is 0 Å². The highest BCUT2D eigenvalue weighted by Crippen LogP contribution is 2.08. The first-order chi connectivity index (χ1) is 7.06. The van der Waals surface area contributed by atoms with Gasteiger partial charge in [-0.15, -0.1) is 0 Å². The van der Waals surface area contributed by atoms with Crippen LogP contribution in [-0.2, 0) is 9.59 Å². The van der Waals surface area contributed by atoms with E-state index in [0.29, 0.717) is 12.8 Å². The van der Waals surface area contributed by atoms with E-state index in [1.54, 1.807) is 0 Å². The Hall–Kier alpha value is -1.10. The molecule has 0 saturated carbocycles. The van der Waals surface area contributed by atoms with Gasteiger partial charge in [-0.2, -0.15) is 0 Å². The number of aliphatic carboxylic acids is 1. The average Bonchev–Trinajstić information content (AvgIpc) is 2.18. The highest BCUT2D eigenvalue weighted by atomic mass is 16.4. The van der Waals surface area contributed by atoms with Crippen LogP contribution >= 0.6 is 0 Å². The number of carbonyl (C=O) groups excluding carboxylic acids is 1. The molecule has 0 spiro atoms. The zero-order chi connectivity index (χ0) is 11.8. The van der Waals surface area contributed by atoms with Gasteiger partial charge < -0.3 is 15.5 Å². The average molecular weight is 217 g/mol. The predicted octanol–water partition coefficient (Wildman–Crippen LogP) is 0.374. The van der Waals surface area contributed by atoms with Crippen molar-refractivity contribution in [2.24, 2.45) is 5.92 Å². The number of hydrogen-bond donors (Lipinski definition) is 3. The highest BCUT2D eigenvalue weighted by Gasteiger charge is 2.22. The maximum Gasteiger partial charge on any atom is 0.326 e. The van der Waals surface area contributed by atoms with Gasteiger partial charge in [-0.1, -0.05) is 13.8 Å². The number of aliphatic hydroxyl groups is 1. The van der Waals surface area contributed by atoms with E-state index < -0.39 is 12.0 Å². The van der Waals surface area contributed by atoms with E-state index >= 15 is 0 Å². The molecule has 0 fully saturated rings. The van der Waals surface area contributed by atoms with Crippen molar-refractivity contribution in [3.05, 3.63) is 0 Å². The van der Waals surface area contributed by atoms with Gasteiger partial charge in [0, 0.05) is 18.9 Å². The molecule has 0 aliphatic carbocycles. The molecule has 88 valence electrons. The lowest BCUT2D eigenvalue weighted by Gasteiger charge is -2.17. The molecular formula is C10H19NO4. The molecule has 5 nitrogen and oxygen atoms in total. The molecule has 0 bridgehead atoms. The summed E-state index contributed by atoms with van der Waals surface area (Å²) in [7, 11) is 0. The van der Waals surface area contributed by atoms with Gasteiger partial charge in [0.15, 0.2) is 0 Å². The van der Waals surface area contributed by atoms with Crippen LogP contribution in [0.25, 0.3) is 0 Å². The van der Waals surface area contributed by atoms with Crippen LogP contribution in [0.15, 0.2) is 0 Å². The summed E-state index contributed by atoms with van der Waals surface area (Å²) < 4.78 is 0. The van der Waals surface area contributed by atoms with Gasteiger partial charge in [-0.05, 0) is 12.8 Å². The summed E-state index contributed by atoms with van der Waals surface area (Å²) in [6.45, 7) is 3.52. The van der Waals surface area contributed by atoms with Crippen molar-refractivity contribution < 1.29 is 19.8 Å². The molecule has 1 atom stereocenters. The first-order valence-corrected chi connectivity index (χ1v) is 5.20. The van der Waals surface area contributed by atoms with E-state index in [0.717, 1.165) is 0 Å². The van der Waals surface area contributed by atoms with Crippen molar-refractivity contribution >= 4 is 11.9 Å². The van der Waals surface area contributed by atoms with Crippen molar-refractivity contribution in [1.29, 1.82) is 0 Å². The molecule has 0 aromatic carbocycles. The summed E-state index contributed by atoms with van der Waals surface area (Å²) in [5.41, 5.74) is 0. The Morgan fingerprint density at radius 3 is 2.13 bits per heavy atom. The van der Waals surface area contributed by atoms with Crippen LogP contribution < -0.4 is 5.32 Å². The first-order valence-electron chi connectivity index (χ1n) is 5.20. The van der Waals surface area contributed by atoms with Gasteiger partial charge >= 0.3 is 5.97 Å². The number of amides is 1. The predicted molar refractivity (Wildman–Crippen MR) is 55.3 cm³/mol. The minimum absolute atomic E-state index is 0.0429. The van der Waals surface area contributed by atoms with Gasteiger partial charge in [0.1, 0.15) is 6.04 Å². The molecule has 0 heterocycles. The third-order valence-electron chi connectivity index (χ3n) is 2.39. The number of carboxylic acid groups (broad SMARTS) is 1. The smallest absolute Gasteiger partial charge is 0.326 e. The van der Waals surface area contributed by atoms with Crippen molar-refractivity contribution in [3.8, 4) is 0 Å². The fourth-order valence-corrected chi connectivity index (χ4v) is 1.34. The van der Waals surface area contributed by atoms with Crippen LogP contribution in [0.4, 0.5) is 0 Å². The minimum atomic E-state index is -1.11. The van der Waals surface area contributed by atoms with E-state index in [9.17, 15) is 9.59 Å². The Balaban J connectivity index is 4.27. The quantitative estimate of drug-likeness (QED) is 0.575. The highest BCUT2D eigenvalue weighted by molar-refractivity contribution is 5.84. The third-order valence-corrected chi connectivity index (χ3v) is 2.39. The lowest BCUT2D eigenvalue weighted by molar-refractivity contribution is -0.143. The fraction of sp³-hybridized carbons (Fsp3) is 0.800. The second-order valence-corrected chi connectivity index (χ2v) is 3.43. The normalized spacial score (nSPS) is 12.5.